The number of halogens is 2. The fourth-order valence-electron chi connectivity index (χ4n) is 2.64. The lowest BCUT2D eigenvalue weighted by atomic mass is 10.2. The number of rotatable bonds is 5. The number of thiocarbonyl (C=S) groups is 1. The van der Waals surface area contributed by atoms with E-state index in [9.17, 15) is 4.39 Å². The van der Waals surface area contributed by atoms with E-state index >= 15 is 0 Å². The second-order valence-electron chi connectivity index (χ2n) is 5.44. The molecule has 1 aromatic rings. The first-order valence-corrected chi connectivity index (χ1v) is 8.38. The van der Waals surface area contributed by atoms with Gasteiger partial charge in [0.25, 0.3) is 0 Å². The summed E-state index contributed by atoms with van der Waals surface area (Å²) in [5, 5.41) is 6.96. The Bertz CT molecular complexity index is 506. The van der Waals surface area contributed by atoms with Crippen LogP contribution in [0.25, 0.3) is 0 Å². The van der Waals surface area contributed by atoms with Crippen molar-refractivity contribution in [3.63, 3.8) is 0 Å². The third-order valence-corrected chi connectivity index (χ3v) is 4.60. The number of quaternary nitrogens is 1. The predicted octanol–water partition coefficient (Wildman–Crippen LogP) is 0.668. The minimum atomic E-state index is -0.360. The quantitative estimate of drug-likeness (QED) is 0.541. The van der Waals surface area contributed by atoms with Crippen molar-refractivity contribution in [3.8, 4) is 0 Å². The summed E-state index contributed by atoms with van der Waals surface area (Å²) in [7, 11) is 1.82. The highest BCUT2D eigenvalue weighted by Gasteiger charge is 2.20. The standard InChI is InChI=1S/C15H22ClFN4S/c1-18-15(22)19-5-2-6-20-7-9-21(10-8-20)12-3-4-14(17)13(16)11-12/h3-4,11H,2,5-10H2,1H3,(H2,18,19,22)/p+1. The van der Waals surface area contributed by atoms with Gasteiger partial charge in [-0.25, -0.2) is 4.39 Å². The molecule has 22 heavy (non-hydrogen) atoms. The maximum absolute atomic E-state index is 13.2. The lowest BCUT2D eigenvalue weighted by molar-refractivity contribution is -0.900. The Morgan fingerprint density at radius 3 is 2.77 bits per heavy atom. The summed E-state index contributed by atoms with van der Waals surface area (Å²) in [5.74, 6) is -0.360. The Kier molecular flexibility index (Phi) is 6.67. The first-order chi connectivity index (χ1) is 10.6. The minimum Gasteiger partial charge on any atom is -0.366 e. The van der Waals surface area contributed by atoms with Crippen LogP contribution >= 0.6 is 23.8 Å². The predicted molar refractivity (Wildman–Crippen MR) is 93.5 cm³/mol. The zero-order valence-electron chi connectivity index (χ0n) is 12.8. The monoisotopic (exact) mass is 345 g/mol. The molecule has 1 aliphatic rings. The van der Waals surface area contributed by atoms with Gasteiger partial charge in [-0.3, -0.25) is 0 Å². The number of nitrogens with one attached hydrogen (secondary N) is 3. The Labute approximate surface area is 141 Å². The van der Waals surface area contributed by atoms with Crippen molar-refractivity contribution >= 4 is 34.6 Å². The average molecular weight is 346 g/mol. The van der Waals surface area contributed by atoms with E-state index in [1.807, 2.05) is 7.05 Å². The highest BCUT2D eigenvalue weighted by atomic mass is 35.5. The number of hydrogen-bond donors (Lipinski definition) is 3. The topological polar surface area (TPSA) is 31.7 Å². The molecular weight excluding hydrogens is 323 g/mol. The number of nitrogens with zero attached hydrogens (tertiary/aromatic N) is 1. The smallest absolute Gasteiger partial charge is 0.166 e. The summed E-state index contributed by atoms with van der Waals surface area (Å²) >= 11 is 10.9. The highest BCUT2D eigenvalue weighted by Crippen LogP contribution is 2.22. The molecule has 1 fully saturated rings. The van der Waals surface area contributed by atoms with Crippen LogP contribution in [0.15, 0.2) is 18.2 Å². The normalized spacial score (nSPS) is 15.7. The molecule has 7 heteroatoms. The van der Waals surface area contributed by atoms with Gasteiger partial charge in [0.2, 0.25) is 0 Å². The van der Waals surface area contributed by atoms with E-state index < -0.39 is 0 Å². The molecule has 0 bridgehead atoms. The zero-order chi connectivity index (χ0) is 15.9. The highest BCUT2D eigenvalue weighted by molar-refractivity contribution is 7.80. The molecule has 0 aliphatic carbocycles. The van der Waals surface area contributed by atoms with Crippen molar-refractivity contribution in [2.24, 2.45) is 0 Å². The van der Waals surface area contributed by atoms with Crippen molar-refractivity contribution in [1.82, 2.24) is 10.6 Å². The molecule has 2 rings (SSSR count). The number of anilines is 1. The van der Waals surface area contributed by atoms with Gasteiger partial charge in [0.15, 0.2) is 5.11 Å². The van der Waals surface area contributed by atoms with E-state index in [4.69, 9.17) is 23.8 Å². The maximum Gasteiger partial charge on any atom is 0.166 e. The van der Waals surface area contributed by atoms with Gasteiger partial charge in [-0.1, -0.05) is 11.6 Å². The molecule has 4 nitrogen and oxygen atoms in total. The fraction of sp³-hybridized carbons (Fsp3) is 0.533. The molecule has 0 radical (unpaired) electrons. The summed E-state index contributed by atoms with van der Waals surface area (Å²) < 4.78 is 13.2. The van der Waals surface area contributed by atoms with E-state index in [1.165, 1.54) is 6.07 Å². The van der Waals surface area contributed by atoms with Gasteiger partial charge in [-0.05, 0) is 30.4 Å². The van der Waals surface area contributed by atoms with Crippen LogP contribution < -0.4 is 20.4 Å². The molecule has 0 spiro atoms. The fourth-order valence-corrected chi connectivity index (χ4v) is 2.92. The third kappa shape index (κ3) is 4.97. The van der Waals surface area contributed by atoms with Gasteiger partial charge >= 0.3 is 0 Å². The summed E-state index contributed by atoms with van der Waals surface area (Å²) in [6.07, 6.45) is 1.10. The van der Waals surface area contributed by atoms with Crippen molar-refractivity contribution in [2.75, 3.05) is 51.2 Å². The lowest BCUT2D eigenvalue weighted by Crippen LogP contribution is -3.15. The van der Waals surface area contributed by atoms with Gasteiger partial charge in [0, 0.05) is 25.7 Å². The van der Waals surface area contributed by atoms with Crippen LogP contribution in [0.5, 0.6) is 0 Å². The lowest BCUT2D eigenvalue weighted by Gasteiger charge is -2.33. The van der Waals surface area contributed by atoms with Gasteiger partial charge in [-0.15, -0.1) is 0 Å². The van der Waals surface area contributed by atoms with Gasteiger partial charge in [0.05, 0.1) is 37.7 Å². The number of hydrogen-bond acceptors (Lipinski definition) is 2. The van der Waals surface area contributed by atoms with Crippen LogP contribution in [0.4, 0.5) is 10.1 Å². The molecule has 1 aliphatic heterocycles. The molecule has 0 amide bonds. The maximum atomic E-state index is 13.2. The van der Waals surface area contributed by atoms with E-state index in [0.717, 1.165) is 51.4 Å². The van der Waals surface area contributed by atoms with Crippen molar-refractivity contribution in [2.45, 2.75) is 6.42 Å². The Balaban J connectivity index is 1.71. The molecule has 3 N–H and O–H groups in total. The summed E-state index contributed by atoms with van der Waals surface area (Å²) in [6, 6.07) is 4.95. The summed E-state index contributed by atoms with van der Waals surface area (Å²) in [6.45, 7) is 6.16. The third-order valence-electron chi connectivity index (χ3n) is 3.96. The average Bonchev–Trinajstić information content (AvgIpc) is 2.54. The first kappa shape index (κ1) is 17.2. The van der Waals surface area contributed by atoms with Crippen molar-refractivity contribution < 1.29 is 9.29 Å². The molecule has 0 atom stereocenters. The van der Waals surface area contributed by atoms with Gasteiger partial charge < -0.3 is 20.4 Å². The Morgan fingerprint density at radius 2 is 2.14 bits per heavy atom. The van der Waals surface area contributed by atoms with Crippen LogP contribution in [-0.4, -0.2) is 51.4 Å². The van der Waals surface area contributed by atoms with Crippen LogP contribution in [0.2, 0.25) is 5.02 Å². The first-order valence-electron chi connectivity index (χ1n) is 7.59. The molecular formula is C15H23ClFN4S+. The van der Waals surface area contributed by atoms with Crippen LogP contribution in [0.1, 0.15) is 6.42 Å². The summed E-state index contributed by atoms with van der Waals surface area (Å²) in [4.78, 5) is 3.87. The molecule has 1 aromatic carbocycles. The van der Waals surface area contributed by atoms with E-state index in [-0.39, 0.29) is 10.8 Å². The SMILES string of the molecule is CNC(=S)NCCC[NH+]1CCN(c2ccc(F)c(Cl)c2)CC1. The van der Waals surface area contributed by atoms with Gasteiger partial charge in [-0.2, -0.15) is 0 Å². The Morgan fingerprint density at radius 1 is 1.41 bits per heavy atom. The molecule has 0 aromatic heterocycles. The molecule has 0 saturated carbocycles. The second kappa shape index (κ2) is 8.50. The van der Waals surface area contributed by atoms with Crippen LogP contribution in [-0.2, 0) is 0 Å². The van der Waals surface area contributed by atoms with E-state index in [2.05, 4.69) is 15.5 Å². The van der Waals surface area contributed by atoms with E-state index in [1.54, 1.807) is 17.0 Å². The summed E-state index contributed by atoms with van der Waals surface area (Å²) in [5.41, 5.74) is 1.01. The molecule has 1 heterocycles. The van der Waals surface area contributed by atoms with Crippen molar-refractivity contribution in [1.29, 1.82) is 0 Å². The van der Waals surface area contributed by atoms with Crippen molar-refractivity contribution in [3.05, 3.63) is 29.0 Å². The van der Waals surface area contributed by atoms with Crippen LogP contribution in [0.3, 0.4) is 0 Å². The molecule has 122 valence electrons. The largest absolute Gasteiger partial charge is 0.366 e. The number of piperazine rings is 1. The van der Waals surface area contributed by atoms with Crippen LogP contribution in [0, 0.1) is 5.82 Å². The molecule has 1 saturated heterocycles. The van der Waals surface area contributed by atoms with Gasteiger partial charge in [0.1, 0.15) is 5.82 Å². The zero-order valence-corrected chi connectivity index (χ0v) is 14.4. The minimum absolute atomic E-state index is 0.193. The second-order valence-corrected chi connectivity index (χ2v) is 6.26. The molecule has 0 unspecified atom stereocenters. The van der Waals surface area contributed by atoms with E-state index in [0.29, 0.717) is 5.11 Å². The number of benzene rings is 1. The Hall–Kier alpha value is -1.11.